The highest BCUT2D eigenvalue weighted by molar-refractivity contribution is 7.52. The first kappa shape index (κ1) is 47.6. The molecule has 0 saturated carbocycles. The van der Waals surface area contributed by atoms with E-state index < -0.39 is 62.7 Å². The summed E-state index contributed by atoms with van der Waals surface area (Å²) < 4.78 is 67.0. The van der Waals surface area contributed by atoms with Gasteiger partial charge < -0.3 is 34.5 Å². The number of aromatic nitrogens is 4. The van der Waals surface area contributed by atoms with Crippen LogP contribution in [0.25, 0.3) is 11.2 Å². The monoisotopic (exact) mass is 849 g/mol. The van der Waals surface area contributed by atoms with Gasteiger partial charge in [0.2, 0.25) is 5.95 Å². The third-order valence-electron chi connectivity index (χ3n) is 9.98. The Morgan fingerprint density at radius 1 is 0.966 bits per heavy atom. The number of rotatable bonds is 27. The van der Waals surface area contributed by atoms with E-state index in [1.165, 1.54) is 89.0 Å². The average molecular weight is 850 g/mol. The predicted molar refractivity (Wildman–Crippen MR) is 224 cm³/mol. The Hall–Kier alpha value is -4.05. The van der Waals surface area contributed by atoms with Gasteiger partial charge in [0.15, 0.2) is 35.0 Å². The fourth-order valence-electron chi connectivity index (χ4n) is 6.90. The number of carbonyl (C=O) groups excluding carboxylic acids is 2. The standard InChI is InChI=1S/C41H65FN7O9P/c1-7-8-9-10-11-12-13-14-15-16-17-18-19-23-26-53-40(51)57-34-32(56-38(41(34,5)42)49-28-45-33-35(44-6)46-39(43)47-36(33)49)27-54-59(52,58-31-24-21-20-22-25-31)48-30(4)37(50)55-29(2)3/h20-22,24-25,28-30,32,34,38H,7-19,23,26-27H2,1-6H3,(H,48,52)(H3,43,44,46,47)/t30-,32+,34+,38+,41+,59-/m0/s1. The number of benzene rings is 1. The topological polar surface area (TPSA) is 200 Å². The predicted octanol–water partition coefficient (Wildman–Crippen LogP) is 9.21. The smallest absolute Gasteiger partial charge is 0.462 e. The minimum absolute atomic E-state index is 0.0849. The number of alkyl halides is 1. The molecule has 1 saturated heterocycles. The molecule has 1 aliphatic rings. The minimum Gasteiger partial charge on any atom is -0.462 e. The Morgan fingerprint density at radius 3 is 2.17 bits per heavy atom. The molecule has 3 heterocycles. The molecule has 0 amide bonds. The molecule has 0 radical (unpaired) electrons. The summed E-state index contributed by atoms with van der Waals surface area (Å²) in [6.07, 6.45) is 11.8. The lowest BCUT2D eigenvalue weighted by Gasteiger charge is -2.28. The van der Waals surface area contributed by atoms with E-state index in [0.717, 1.165) is 19.3 Å². The number of esters is 1. The summed E-state index contributed by atoms with van der Waals surface area (Å²) in [4.78, 5) is 38.6. The van der Waals surface area contributed by atoms with Gasteiger partial charge in [0, 0.05) is 7.05 Å². The number of carbonyl (C=O) groups is 2. The maximum atomic E-state index is 17.2. The quantitative estimate of drug-likeness (QED) is 0.0372. The number of anilines is 2. The summed E-state index contributed by atoms with van der Waals surface area (Å²) in [5.74, 6) is -0.335. The molecule has 0 spiro atoms. The van der Waals surface area contributed by atoms with Gasteiger partial charge in [0.1, 0.15) is 17.9 Å². The molecular formula is C41H65FN7O9P. The number of nitrogens with two attached hydrogens (primary N) is 1. The Labute approximate surface area is 347 Å². The Balaban J connectivity index is 1.41. The number of ether oxygens (including phenoxy) is 4. The summed E-state index contributed by atoms with van der Waals surface area (Å²) in [6, 6.07) is 7.01. The van der Waals surface area contributed by atoms with E-state index in [2.05, 4.69) is 32.3 Å². The van der Waals surface area contributed by atoms with Gasteiger partial charge in [-0.3, -0.25) is 13.9 Å². The van der Waals surface area contributed by atoms with Crippen molar-refractivity contribution in [2.75, 3.05) is 31.3 Å². The van der Waals surface area contributed by atoms with Crippen LogP contribution in [0.3, 0.4) is 0 Å². The Bertz CT molecular complexity index is 1780. The number of hydrogen-bond acceptors (Lipinski definition) is 14. The van der Waals surface area contributed by atoms with Crippen LogP contribution < -0.4 is 20.7 Å². The zero-order chi connectivity index (χ0) is 42.8. The lowest BCUT2D eigenvalue weighted by molar-refractivity contribution is -0.149. The molecule has 6 atom stereocenters. The highest BCUT2D eigenvalue weighted by atomic mass is 31.2. The van der Waals surface area contributed by atoms with Crippen molar-refractivity contribution in [3.05, 3.63) is 36.7 Å². The molecule has 1 aromatic carbocycles. The lowest BCUT2D eigenvalue weighted by atomic mass is 9.98. The molecule has 16 nitrogen and oxygen atoms in total. The summed E-state index contributed by atoms with van der Waals surface area (Å²) in [6.45, 7) is 7.69. The maximum absolute atomic E-state index is 17.2. The third kappa shape index (κ3) is 14.6. The number of fused-ring (bicyclic) bond motifs is 1. The number of hydrogen-bond donors (Lipinski definition) is 3. The van der Waals surface area contributed by atoms with Crippen LogP contribution in [0.2, 0.25) is 0 Å². The fourth-order valence-corrected chi connectivity index (χ4v) is 8.41. The molecule has 330 valence electrons. The van der Waals surface area contributed by atoms with Crippen LogP contribution >= 0.6 is 7.75 Å². The summed E-state index contributed by atoms with van der Waals surface area (Å²) in [5, 5.41) is 5.49. The number of imidazole rings is 1. The molecule has 0 unspecified atom stereocenters. The molecule has 4 N–H and O–H groups in total. The van der Waals surface area contributed by atoms with Crippen LogP contribution in [-0.4, -0.2) is 81.9 Å². The van der Waals surface area contributed by atoms with Crippen LogP contribution in [0.4, 0.5) is 21.0 Å². The third-order valence-corrected chi connectivity index (χ3v) is 11.6. The second kappa shape index (κ2) is 23.7. The van der Waals surface area contributed by atoms with Gasteiger partial charge >= 0.3 is 19.9 Å². The average Bonchev–Trinajstić information content (AvgIpc) is 3.71. The fraction of sp³-hybridized carbons (Fsp3) is 0.683. The van der Waals surface area contributed by atoms with Crippen molar-refractivity contribution in [2.45, 2.75) is 161 Å². The summed E-state index contributed by atoms with van der Waals surface area (Å²) >= 11 is 0. The van der Waals surface area contributed by atoms with Crippen molar-refractivity contribution >= 4 is 42.8 Å². The molecule has 3 aromatic rings. The van der Waals surface area contributed by atoms with Crippen molar-refractivity contribution < 1.29 is 46.5 Å². The highest BCUT2D eigenvalue weighted by Gasteiger charge is 2.59. The van der Waals surface area contributed by atoms with Crippen LogP contribution in [0.1, 0.15) is 131 Å². The van der Waals surface area contributed by atoms with Crippen molar-refractivity contribution in [1.29, 1.82) is 0 Å². The van der Waals surface area contributed by atoms with Crippen LogP contribution in [0.5, 0.6) is 5.75 Å². The first-order chi connectivity index (χ1) is 28.3. The molecule has 1 aliphatic heterocycles. The second-order valence-electron chi connectivity index (χ2n) is 15.4. The molecule has 2 aromatic heterocycles. The van der Waals surface area contributed by atoms with Gasteiger partial charge in [0.05, 0.1) is 25.6 Å². The van der Waals surface area contributed by atoms with E-state index in [9.17, 15) is 14.2 Å². The van der Waals surface area contributed by atoms with Crippen LogP contribution in [-0.2, 0) is 32.8 Å². The molecule has 0 aliphatic carbocycles. The van der Waals surface area contributed by atoms with E-state index in [0.29, 0.717) is 12.2 Å². The number of nitrogens with zero attached hydrogens (tertiary/aromatic N) is 4. The number of nitrogen functional groups attached to an aromatic ring is 1. The number of nitrogens with one attached hydrogen (secondary N) is 2. The molecule has 1 fully saturated rings. The Morgan fingerprint density at radius 2 is 1.58 bits per heavy atom. The molecule has 59 heavy (non-hydrogen) atoms. The van der Waals surface area contributed by atoms with Gasteiger partial charge in [-0.1, -0.05) is 109 Å². The first-order valence-corrected chi connectivity index (χ1v) is 22.6. The van der Waals surface area contributed by atoms with Gasteiger partial charge in [-0.15, -0.1) is 0 Å². The number of halogens is 1. The normalized spacial score (nSPS) is 20.6. The zero-order valence-electron chi connectivity index (χ0n) is 35.5. The van der Waals surface area contributed by atoms with E-state index >= 15 is 4.39 Å². The number of para-hydroxylation sites is 1. The summed E-state index contributed by atoms with van der Waals surface area (Å²) in [5.41, 5.74) is 3.94. The minimum atomic E-state index is -4.42. The van der Waals surface area contributed by atoms with Crippen molar-refractivity contribution in [3.8, 4) is 5.75 Å². The van der Waals surface area contributed by atoms with Gasteiger partial charge in [-0.25, -0.2) is 18.7 Å². The van der Waals surface area contributed by atoms with E-state index in [1.807, 2.05) is 0 Å². The Kier molecular flexibility index (Phi) is 19.1. The van der Waals surface area contributed by atoms with Crippen molar-refractivity contribution in [3.63, 3.8) is 0 Å². The molecule has 18 heteroatoms. The van der Waals surface area contributed by atoms with Crippen molar-refractivity contribution in [1.82, 2.24) is 24.6 Å². The molecule has 0 bridgehead atoms. The lowest BCUT2D eigenvalue weighted by Crippen LogP contribution is -2.44. The van der Waals surface area contributed by atoms with E-state index in [-0.39, 0.29) is 29.5 Å². The molecular weight excluding hydrogens is 784 g/mol. The largest absolute Gasteiger partial charge is 0.508 e. The zero-order valence-corrected chi connectivity index (χ0v) is 36.4. The second-order valence-corrected chi connectivity index (χ2v) is 17.1. The van der Waals surface area contributed by atoms with Crippen LogP contribution in [0, 0.1) is 0 Å². The highest BCUT2D eigenvalue weighted by Crippen LogP contribution is 2.49. The van der Waals surface area contributed by atoms with E-state index in [4.69, 9.17) is 33.7 Å². The maximum Gasteiger partial charge on any atom is 0.508 e. The SMILES string of the molecule is CCCCCCCCCCCCCCCCOC(=O)O[C@@H]1[C@@H](CO[P@@](=O)(N[C@@H](C)C(=O)OC(C)C)Oc2ccccc2)O[C@@H](n2cnc3c(NC)nc(N)nc32)[C@]1(C)F. The number of unbranched alkanes of at least 4 members (excludes halogenated alkanes) is 13. The molecule has 4 rings (SSSR count). The van der Waals surface area contributed by atoms with E-state index in [1.54, 1.807) is 51.2 Å². The first-order valence-electron chi connectivity index (χ1n) is 21.1. The summed E-state index contributed by atoms with van der Waals surface area (Å²) in [7, 11) is -2.80. The van der Waals surface area contributed by atoms with Gasteiger partial charge in [-0.05, 0) is 46.2 Å². The van der Waals surface area contributed by atoms with Gasteiger partial charge in [0.25, 0.3) is 0 Å². The van der Waals surface area contributed by atoms with Crippen molar-refractivity contribution in [2.24, 2.45) is 0 Å². The van der Waals surface area contributed by atoms with Gasteiger partial charge in [-0.2, -0.15) is 15.1 Å². The van der Waals surface area contributed by atoms with Crippen LogP contribution in [0.15, 0.2) is 36.7 Å².